The van der Waals surface area contributed by atoms with E-state index < -0.39 is 35.0 Å². The van der Waals surface area contributed by atoms with Gasteiger partial charge in [-0.2, -0.15) is 0 Å². The molecule has 2 aromatic rings. The largest absolute Gasteiger partial charge is 0.465 e. The van der Waals surface area contributed by atoms with Gasteiger partial charge in [0.05, 0.1) is 17.4 Å². The zero-order valence-electron chi connectivity index (χ0n) is 17.6. The Bertz CT molecular complexity index is 993. The van der Waals surface area contributed by atoms with Crippen LogP contribution in [-0.4, -0.2) is 47.1 Å². The van der Waals surface area contributed by atoms with Gasteiger partial charge in [0, 0.05) is 19.2 Å². The highest BCUT2D eigenvalue weighted by Crippen LogP contribution is 2.31. The molecule has 1 heterocycles. The van der Waals surface area contributed by atoms with E-state index in [1.54, 1.807) is 0 Å². The van der Waals surface area contributed by atoms with E-state index in [0.29, 0.717) is 6.42 Å². The van der Waals surface area contributed by atoms with Crippen molar-refractivity contribution in [3.63, 3.8) is 0 Å². The number of hydrogen-bond donors (Lipinski definition) is 2. The number of nitrogens with zero attached hydrogens (tertiary/aromatic N) is 2. The summed E-state index contributed by atoms with van der Waals surface area (Å²) in [6, 6.07) is 4.64. The standard InChI is InChI=1S/C20H24N4O7/c1-11(2)10-14(22-12(3)25)18(26)23-19(20(27)30-4)31-16-8-7-15(24(28)29)13-6-5-9-21-17(13)16/h5-9,11,14,19H,10H2,1-4H3,(H,22,25)(H,23,26)/t14-,19-/m0/s1. The number of carbonyl (C=O) groups is 3. The number of hydrogen-bond acceptors (Lipinski definition) is 8. The molecule has 0 radical (unpaired) electrons. The fourth-order valence-corrected chi connectivity index (χ4v) is 2.93. The van der Waals surface area contributed by atoms with Crippen molar-refractivity contribution in [2.24, 2.45) is 5.92 Å². The van der Waals surface area contributed by atoms with Crippen molar-refractivity contribution in [1.82, 2.24) is 15.6 Å². The zero-order valence-corrected chi connectivity index (χ0v) is 17.6. The van der Waals surface area contributed by atoms with E-state index in [9.17, 15) is 24.5 Å². The molecule has 2 atom stereocenters. The summed E-state index contributed by atoms with van der Waals surface area (Å²) in [4.78, 5) is 51.3. The molecule has 2 rings (SSSR count). The molecule has 31 heavy (non-hydrogen) atoms. The van der Waals surface area contributed by atoms with Gasteiger partial charge in [-0.3, -0.25) is 24.7 Å². The van der Waals surface area contributed by atoms with Crippen LogP contribution in [0.2, 0.25) is 0 Å². The second-order valence-electron chi connectivity index (χ2n) is 7.15. The lowest BCUT2D eigenvalue weighted by Crippen LogP contribution is -2.53. The smallest absolute Gasteiger partial charge is 0.368 e. The summed E-state index contributed by atoms with van der Waals surface area (Å²) < 4.78 is 10.3. The third-order valence-corrected chi connectivity index (χ3v) is 4.24. The number of nitro benzene ring substituents is 1. The number of nitrogens with one attached hydrogen (secondary N) is 2. The van der Waals surface area contributed by atoms with Crippen LogP contribution in [0.3, 0.4) is 0 Å². The minimum atomic E-state index is -1.56. The van der Waals surface area contributed by atoms with Crippen LogP contribution >= 0.6 is 0 Å². The average molecular weight is 432 g/mol. The van der Waals surface area contributed by atoms with Gasteiger partial charge >= 0.3 is 5.97 Å². The van der Waals surface area contributed by atoms with Gasteiger partial charge in [-0.05, 0) is 30.5 Å². The second-order valence-corrected chi connectivity index (χ2v) is 7.15. The lowest BCUT2D eigenvalue weighted by molar-refractivity contribution is -0.383. The molecule has 0 spiro atoms. The van der Waals surface area contributed by atoms with Crippen LogP contribution in [-0.2, 0) is 19.1 Å². The van der Waals surface area contributed by atoms with Crippen LogP contribution in [0, 0.1) is 16.0 Å². The molecule has 2 N–H and O–H groups in total. The van der Waals surface area contributed by atoms with Crippen LogP contribution in [0.5, 0.6) is 5.75 Å². The van der Waals surface area contributed by atoms with Crippen molar-refractivity contribution in [3.8, 4) is 5.75 Å². The van der Waals surface area contributed by atoms with Crippen molar-refractivity contribution in [1.29, 1.82) is 0 Å². The van der Waals surface area contributed by atoms with E-state index in [2.05, 4.69) is 15.6 Å². The number of carbonyl (C=O) groups excluding carboxylic acids is 3. The molecule has 0 unspecified atom stereocenters. The van der Waals surface area contributed by atoms with Gasteiger partial charge < -0.3 is 20.1 Å². The van der Waals surface area contributed by atoms with Gasteiger partial charge in [-0.1, -0.05) is 13.8 Å². The normalized spacial score (nSPS) is 12.7. The third kappa shape index (κ3) is 6.11. The molecular formula is C20H24N4O7. The van der Waals surface area contributed by atoms with E-state index in [-0.39, 0.29) is 28.3 Å². The number of fused-ring (bicyclic) bond motifs is 1. The first-order valence-electron chi connectivity index (χ1n) is 9.48. The molecule has 0 aliphatic rings. The zero-order chi connectivity index (χ0) is 23.1. The molecule has 11 nitrogen and oxygen atoms in total. The molecule has 0 bridgehead atoms. The topological polar surface area (TPSA) is 150 Å². The summed E-state index contributed by atoms with van der Waals surface area (Å²) in [6.07, 6.45) is 0.189. The minimum absolute atomic E-state index is 0.0387. The first-order valence-corrected chi connectivity index (χ1v) is 9.48. The Morgan fingerprint density at radius 2 is 1.90 bits per heavy atom. The van der Waals surface area contributed by atoms with Crippen LogP contribution < -0.4 is 15.4 Å². The van der Waals surface area contributed by atoms with Gasteiger partial charge in [0.2, 0.25) is 11.8 Å². The summed E-state index contributed by atoms with van der Waals surface area (Å²) in [6.45, 7) is 5.04. The number of aromatic nitrogens is 1. The quantitative estimate of drug-likeness (QED) is 0.263. The molecule has 0 saturated carbocycles. The van der Waals surface area contributed by atoms with E-state index in [4.69, 9.17) is 9.47 Å². The van der Waals surface area contributed by atoms with E-state index in [0.717, 1.165) is 7.11 Å². The number of nitro groups is 1. The Kier molecular flexibility index (Phi) is 7.83. The van der Waals surface area contributed by atoms with Gasteiger partial charge in [-0.25, -0.2) is 4.79 Å². The molecular weight excluding hydrogens is 408 g/mol. The maximum atomic E-state index is 12.7. The lowest BCUT2D eigenvalue weighted by atomic mass is 10.0. The number of non-ortho nitro benzene ring substituents is 1. The Morgan fingerprint density at radius 1 is 1.19 bits per heavy atom. The second kappa shape index (κ2) is 10.3. The predicted octanol–water partition coefficient (Wildman–Crippen LogP) is 1.69. The van der Waals surface area contributed by atoms with Crippen LogP contribution in [0.15, 0.2) is 30.5 Å². The number of benzene rings is 1. The van der Waals surface area contributed by atoms with Crippen molar-refractivity contribution in [2.75, 3.05) is 7.11 Å². The Balaban J connectivity index is 2.35. The monoisotopic (exact) mass is 432 g/mol. The summed E-state index contributed by atoms with van der Waals surface area (Å²) in [5.74, 6) is -1.82. The minimum Gasteiger partial charge on any atom is -0.465 e. The van der Waals surface area contributed by atoms with Crippen molar-refractivity contribution < 1.29 is 28.8 Å². The number of pyridine rings is 1. The summed E-state index contributed by atoms with van der Waals surface area (Å²) >= 11 is 0. The molecule has 1 aromatic heterocycles. The number of rotatable bonds is 9. The van der Waals surface area contributed by atoms with Crippen molar-refractivity contribution in [3.05, 3.63) is 40.6 Å². The van der Waals surface area contributed by atoms with Gasteiger partial charge in [0.15, 0.2) is 0 Å². The fraction of sp³-hybridized carbons (Fsp3) is 0.400. The Morgan fingerprint density at radius 3 is 2.48 bits per heavy atom. The summed E-state index contributed by atoms with van der Waals surface area (Å²) in [7, 11) is 1.12. The highest BCUT2D eigenvalue weighted by molar-refractivity contribution is 5.93. The van der Waals surface area contributed by atoms with Crippen LogP contribution in [0.4, 0.5) is 5.69 Å². The molecule has 0 aliphatic heterocycles. The first-order chi connectivity index (χ1) is 14.6. The molecule has 0 fully saturated rings. The van der Waals surface area contributed by atoms with Crippen molar-refractivity contribution in [2.45, 2.75) is 39.5 Å². The van der Waals surface area contributed by atoms with Gasteiger partial charge in [0.25, 0.3) is 11.9 Å². The van der Waals surface area contributed by atoms with E-state index in [1.165, 1.54) is 37.4 Å². The average Bonchev–Trinajstić information content (AvgIpc) is 2.71. The lowest BCUT2D eigenvalue weighted by Gasteiger charge is -2.23. The Hall–Kier alpha value is -3.76. The van der Waals surface area contributed by atoms with Crippen LogP contribution in [0.1, 0.15) is 27.2 Å². The molecule has 166 valence electrons. The predicted molar refractivity (Wildman–Crippen MR) is 110 cm³/mol. The maximum absolute atomic E-state index is 12.7. The highest BCUT2D eigenvalue weighted by atomic mass is 16.6. The summed E-state index contributed by atoms with van der Waals surface area (Å²) in [5, 5.41) is 16.4. The number of amides is 2. The molecule has 1 aromatic carbocycles. The molecule has 11 heteroatoms. The number of esters is 1. The van der Waals surface area contributed by atoms with Gasteiger partial charge in [-0.15, -0.1) is 0 Å². The van der Waals surface area contributed by atoms with Crippen LogP contribution in [0.25, 0.3) is 10.9 Å². The SMILES string of the molecule is COC(=O)[C@@H](NC(=O)[C@H](CC(C)C)NC(C)=O)Oc1ccc([N+](=O)[O-])c2cccnc12. The van der Waals surface area contributed by atoms with E-state index in [1.807, 2.05) is 13.8 Å². The fourth-order valence-electron chi connectivity index (χ4n) is 2.93. The van der Waals surface area contributed by atoms with Crippen molar-refractivity contribution >= 4 is 34.4 Å². The molecule has 0 saturated heterocycles. The maximum Gasteiger partial charge on any atom is 0.368 e. The van der Waals surface area contributed by atoms with Gasteiger partial charge in [0.1, 0.15) is 17.3 Å². The Labute approximate surface area is 178 Å². The molecule has 0 aliphatic carbocycles. The number of ether oxygens (including phenoxy) is 2. The third-order valence-electron chi connectivity index (χ3n) is 4.24. The first kappa shape index (κ1) is 23.5. The van der Waals surface area contributed by atoms with E-state index >= 15 is 0 Å². The summed E-state index contributed by atoms with van der Waals surface area (Å²) in [5.41, 5.74) is -0.0443. The highest BCUT2D eigenvalue weighted by Gasteiger charge is 2.30. The molecule has 2 amide bonds. The number of methoxy groups -OCH3 is 1.